The first-order valence-electron chi connectivity index (χ1n) is 7.27. The van der Waals surface area contributed by atoms with Gasteiger partial charge in [0.2, 0.25) is 0 Å². The molecule has 0 heterocycles. The van der Waals surface area contributed by atoms with Crippen molar-refractivity contribution < 1.29 is 4.39 Å². The lowest BCUT2D eigenvalue weighted by Crippen LogP contribution is -2.28. The maximum absolute atomic E-state index is 13.6. The van der Waals surface area contributed by atoms with Crippen LogP contribution in [0.5, 0.6) is 0 Å². The molecule has 0 radical (unpaired) electrons. The van der Waals surface area contributed by atoms with Crippen LogP contribution in [0.15, 0.2) is 22.7 Å². The fourth-order valence-corrected chi connectivity index (χ4v) is 3.84. The molecule has 1 aliphatic carbocycles. The number of benzene rings is 1. The van der Waals surface area contributed by atoms with Gasteiger partial charge in [-0.2, -0.15) is 0 Å². The van der Waals surface area contributed by atoms with E-state index < -0.39 is 0 Å². The van der Waals surface area contributed by atoms with Crippen LogP contribution in [0.2, 0.25) is 0 Å². The van der Waals surface area contributed by atoms with Gasteiger partial charge in [-0.3, -0.25) is 0 Å². The zero-order valence-corrected chi connectivity index (χ0v) is 13.3. The molecule has 1 unspecified atom stereocenters. The Morgan fingerprint density at radius 2 is 1.95 bits per heavy atom. The monoisotopic (exact) mass is 327 g/mol. The van der Waals surface area contributed by atoms with Gasteiger partial charge in [-0.05, 0) is 55.5 Å². The second-order valence-electron chi connectivity index (χ2n) is 5.66. The summed E-state index contributed by atoms with van der Waals surface area (Å²) in [4.78, 5) is 0. The normalized spacial score (nSPS) is 25.3. The van der Waals surface area contributed by atoms with Crippen LogP contribution >= 0.6 is 15.9 Å². The molecule has 0 bridgehead atoms. The van der Waals surface area contributed by atoms with Crippen LogP contribution in [0.25, 0.3) is 0 Å². The Morgan fingerprint density at radius 3 is 2.47 bits per heavy atom. The van der Waals surface area contributed by atoms with Crippen LogP contribution < -0.4 is 5.32 Å². The van der Waals surface area contributed by atoms with E-state index in [1.54, 1.807) is 6.07 Å². The van der Waals surface area contributed by atoms with Gasteiger partial charge in [0.15, 0.2) is 0 Å². The quantitative estimate of drug-likeness (QED) is 0.814. The highest BCUT2D eigenvalue weighted by molar-refractivity contribution is 9.10. The van der Waals surface area contributed by atoms with E-state index in [1.807, 2.05) is 13.1 Å². The molecule has 0 spiro atoms. The summed E-state index contributed by atoms with van der Waals surface area (Å²) in [5.41, 5.74) is 1.06. The first-order chi connectivity index (χ1) is 9.13. The number of nitrogens with one attached hydrogen (secondary N) is 1. The molecule has 1 saturated carbocycles. The fraction of sp³-hybridized carbons (Fsp3) is 0.625. The zero-order chi connectivity index (χ0) is 13.8. The van der Waals surface area contributed by atoms with Crippen LogP contribution in [-0.2, 0) is 0 Å². The van der Waals surface area contributed by atoms with Gasteiger partial charge in [0, 0.05) is 10.5 Å². The molecule has 3 heteroatoms. The highest BCUT2D eigenvalue weighted by atomic mass is 79.9. The Morgan fingerprint density at radius 1 is 1.26 bits per heavy atom. The van der Waals surface area contributed by atoms with Gasteiger partial charge >= 0.3 is 0 Å². The summed E-state index contributed by atoms with van der Waals surface area (Å²) < 4.78 is 14.4. The molecule has 106 valence electrons. The molecule has 0 aliphatic heterocycles. The van der Waals surface area contributed by atoms with Crippen LogP contribution in [0, 0.1) is 17.7 Å². The Labute approximate surface area is 124 Å². The minimum Gasteiger partial charge on any atom is -0.313 e. The lowest BCUT2D eigenvalue weighted by Gasteiger charge is -2.34. The zero-order valence-electron chi connectivity index (χ0n) is 11.8. The van der Waals surface area contributed by atoms with E-state index in [2.05, 4.69) is 28.2 Å². The van der Waals surface area contributed by atoms with Crippen LogP contribution in [-0.4, -0.2) is 7.05 Å². The Bertz CT molecular complexity index is 393. The average Bonchev–Trinajstić information content (AvgIpc) is 2.39. The predicted molar refractivity (Wildman–Crippen MR) is 81.6 cm³/mol. The maximum atomic E-state index is 13.6. The van der Waals surface area contributed by atoms with Crippen molar-refractivity contribution in [2.45, 2.75) is 45.1 Å². The molecule has 1 N–H and O–H groups in total. The van der Waals surface area contributed by atoms with Crippen molar-refractivity contribution in [2.75, 3.05) is 7.05 Å². The van der Waals surface area contributed by atoms with Crippen molar-refractivity contribution >= 4 is 15.9 Å². The number of rotatable bonds is 4. The van der Waals surface area contributed by atoms with E-state index in [0.29, 0.717) is 5.92 Å². The van der Waals surface area contributed by atoms with E-state index in [-0.39, 0.29) is 11.9 Å². The summed E-state index contributed by atoms with van der Waals surface area (Å²) in [6.45, 7) is 2.28. The Hall–Kier alpha value is -0.410. The summed E-state index contributed by atoms with van der Waals surface area (Å²) in [7, 11) is 1.98. The minimum atomic E-state index is -0.160. The molecular formula is C16H23BrFN. The van der Waals surface area contributed by atoms with Gasteiger partial charge < -0.3 is 5.32 Å². The summed E-state index contributed by atoms with van der Waals surface area (Å²) in [6, 6.07) is 5.49. The molecule has 2 rings (SSSR count). The van der Waals surface area contributed by atoms with E-state index in [0.717, 1.165) is 16.0 Å². The van der Waals surface area contributed by atoms with Gasteiger partial charge in [0.05, 0.1) is 0 Å². The third kappa shape index (κ3) is 3.79. The van der Waals surface area contributed by atoms with E-state index in [4.69, 9.17) is 0 Å². The van der Waals surface area contributed by atoms with E-state index in [9.17, 15) is 4.39 Å². The van der Waals surface area contributed by atoms with Gasteiger partial charge in [-0.1, -0.05) is 42.1 Å². The predicted octanol–water partition coefficient (Wildman–Crippen LogP) is 5.07. The van der Waals surface area contributed by atoms with Gasteiger partial charge in [0.25, 0.3) is 0 Å². The number of hydrogen-bond donors (Lipinski definition) is 1. The summed E-state index contributed by atoms with van der Waals surface area (Å²) >= 11 is 3.39. The molecule has 1 atom stereocenters. The van der Waals surface area contributed by atoms with Crippen molar-refractivity contribution in [3.8, 4) is 0 Å². The second kappa shape index (κ2) is 6.85. The van der Waals surface area contributed by atoms with Crippen molar-refractivity contribution in [1.82, 2.24) is 5.32 Å². The maximum Gasteiger partial charge on any atom is 0.124 e. The first-order valence-corrected chi connectivity index (χ1v) is 8.06. The molecule has 1 fully saturated rings. The smallest absolute Gasteiger partial charge is 0.124 e. The Balaban J connectivity index is 2.11. The van der Waals surface area contributed by atoms with Gasteiger partial charge in [-0.25, -0.2) is 4.39 Å². The highest BCUT2D eigenvalue weighted by Gasteiger charge is 2.27. The van der Waals surface area contributed by atoms with E-state index in [1.165, 1.54) is 38.2 Å². The minimum absolute atomic E-state index is 0.160. The molecule has 0 aromatic heterocycles. The molecule has 1 aliphatic rings. The Kier molecular flexibility index (Phi) is 5.40. The second-order valence-corrected chi connectivity index (χ2v) is 6.57. The summed E-state index contributed by atoms with van der Waals surface area (Å²) in [5, 5.41) is 3.39. The van der Waals surface area contributed by atoms with Crippen LogP contribution in [0.4, 0.5) is 4.39 Å². The van der Waals surface area contributed by atoms with Crippen LogP contribution in [0.3, 0.4) is 0 Å². The summed E-state index contributed by atoms with van der Waals surface area (Å²) in [6.07, 6.45) is 6.42. The summed E-state index contributed by atoms with van der Waals surface area (Å²) in [5.74, 6) is 1.36. The third-order valence-corrected chi connectivity index (χ3v) is 4.95. The van der Waals surface area contributed by atoms with E-state index >= 15 is 0 Å². The average molecular weight is 328 g/mol. The highest BCUT2D eigenvalue weighted by Crippen LogP contribution is 2.38. The molecule has 1 nitrogen and oxygen atoms in total. The van der Waals surface area contributed by atoms with Crippen molar-refractivity contribution in [3.63, 3.8) is 0 Å². The van der Waals surface area contributed by atoms with Crippen molar-refractivity contribution in [1.29, 1.82) is 0 Å². The fourth-order valence-electron chi connectivity index (χ4n) is 3.36. The van der Waals surface area contributed by atoms with Crippen LogP contribution in [0.1, 0.15) is 50.6 Å². The molecule has 19 heavy (non-hydrogen) atoms. The molecule has 0 saturated heterocycles. The third-order valence-electron chi connectivity index (χ3n) is 4.50. The van der Waals surface area contributed by atoms with Gasteiger partial charge in [0.1, 0.15) is 5.82 Å². The topological polar surface area (TPSA) is 12.0 Å². The SMILES string of the molecule is CCC1CCC(C(NC)c2cc(F)cc(Br)c2)CC1. The molecule has 1 aromatic carbocycles. The number of hydrogen-bond acceptors (Lipinski definition) is 1. The molecule has 0 amide bonds. The largest absolute Gasteiger partial charge is 0.313 e. The lowest BCUT2D eigenvalue weighted by atomic mass is 9.76. The number of halogens is 2. The standard InChI is InChI=1S/C16H23BrFN/c1-3-11-4-6-12(7-5-11)16(19-2)13-8-14(17)10-15(18)9-13/h8-12,16,19H,3-7H2,1-2H3. The van der Waals surface area contributed by atoms with Gasteiger partial charge in [-0.15, -0.1) is 0 Å². The van der Waals surface area contributed by atoms with Crippen molar-refractivity contribution in [3.05, 3.63) is 34.1 Å². The molecule has 1 aromatic rings. The first kappa shape index (κ1) is 15.0. The lowest BCUT2D eigenvalue weighted by molar-refractivity contribution is 0.224. The molecular weight excluding hydrogens is 305 g/mol. The van der Waals surface area contributed by atoms with Crippen molar-refractivity contribution in [2.24, 2.45) is 11.8 Å².